The molecular formula is C16H16IN3O2. The number of ether oxygens (including phenoxy) is 1. The third-order valence-electron chi connectivity index (χ3n) is 3.19. The summed E-state index contributed by atoms with van der Waals surface area (Å²) in [5, 5.41) is 5.52. The summed E-state index contributed by atoms with van der Waals surface area (Å²) in [7, 11) is 0. The van der Waals surface area contributed by atoms with Crippen molar-refractivity contribution >= 4 is 40.1 Å². The van der Waals surface area contributed by atoms with E-state index >= 15 is 0 Å². The number of nitrogens with zero attached hydrogens (tertiary/aromatic N) is 1. The van der Waals surface area contributed by atoms with Gasteiger partial charge in [0.2, 0.25) is 0 Å². The monoisotopic (exact) mass is 409 g/mol. The Hall–Kier alpha value is -1.83. The number of aromatic nitrogens is 1. The van der Waals surface area contributed by atoms with E-state index in [9.17, 15) is 4.79 Å². The molecule has 1 heterocycles. The van der Waals surface area contributed by atoms with Gasteiger partial charge in [-0.1, -0.05) is 34.7 Å². The van der Waals surface area contributed by atoms with Gasteiger partial charge in [-0.05, 0) is 42.7 Å². The van der Waals surface area contributed by atoms with Gasteiger partial charge in [0.05, 0.1) is 6.10 Å². The normalized spacial score (nSPS) is 13.5. The zero-order valence-corrected chi connectivity index (χ0v) is 14.0. The van der Waals surface area contributed by atoms with Crippen LogP contribution in [0.1, 0.15) is 18.4 Å². The van der Waals surface area contributed by atoms with Crippen molar-refractivity contribution in [2.45, 2.75) is 23.4 Å². The molecule has 114 valence electrons. The van der Waals surface area contributed by atoms with E-state index in [1.165, 1.54) is 5.56 Å². The first-order chi connectivity index (χ1) is 10.7. The number of carbonyl (C=O) groups excluding carboxylic acids is 1. The lowest BCUT2D eigenvalue weighted by Gasteiger charge is -2.11. The van der Waals surface area contributed by atoms with Gasteiger partial charge in [-0.2, -0.15) is 0 Å². The fourth-order valence-corrected chi connectivity index (χ4v) is 2.40. The van der Waals surface area contributed by atoms with E-state index in [1.54, 1.807) is 12.3 Å². The molecule has 0 atom stereocenters. The van der Waals surface area contributed by atoms with Crippen LogP contribution >= 0.6 is 22.6 Å². The van der Waals surface area contributed by atoms with Crippen LogP contribution in [0.3, 0.4) is 0 Å². The zero-order chi connectivity index (χ0) is 15.4. The Morgan fingerprint density at radius 3 is 2.68 bits per heavy atom. The molecule has 22 heavy (non-hydrogen) atoms. The number of rotatable bonds is 5. The minimum absolute atomic E-state index is 0.258. The maximum absolute atomic E-state index is 12.1. The smallest absolute Gasteiger partial charge is 0.324 e. The second-order valence-electron chi connectivity index (χ2n) is 5.08. The van der Waals surface area contributed by atoms with Crippen LogP contribution in [-0.2, 0) is 4.43 Å². The van der Waals surface area contributed by atoms with Gasteiger partial charge in [0, 0.05) is 16.3 Å². The summed E-state index contributed by atoms with van der Waals surface area (Å²) in [6, 6.07) is 11.0. The van der Waals surface area contributed by atoms with E-state index in [0.29, 0.717) is 11.6 Å². The molecule has 1 saturated carbocycles. The molecular weight excluding hydrogens is 393 g/mol. The highest BCUT2D eigenvalue weighted by molar-refractivity contribution is 14.1. The number of anilines is 2. The lowest BCUT2D eigenvalue weighted by atomic mass is 10.2. The van der Waals surface area contributed by atoms with E-state index < -0.39 is 0 Å². The summed E-state index contributed by atoms with van der Waals surface area (Å²) in [5.41, 5.74) is 1.96. The molecule has 0 spiro atoms. The fraction of sp³-hybridized carbons (Fsp3) is 0.250. The molecule has 1 aliphatic rings. The number of alkyl halides is 1. The molecule has 2 amide bonds. The topological polar surface area (TPSA) is 63.2 Å². The largest absolute Gasteiger partial charge is 0.487 e. The Kier molecular flexibility index (Phi) is 4.77. The van der Waals surface area contributed by atoms with E-state index in [2.05, 4.69) is 38.2 Å². The van der Waals surface area contributed by atoms with Crippen LogP contribution in [-0.4, -0.2) is 17.1 Å². The van der Waals surface area contributed by atoms with Crippen LogP contribution in [0.2, 0.25) is 0 Å². The van der Waals surface area contributed by atoms with Crippen molar-refractivity contribution in [3.63, 3.8) is 0 Å². The van der Waals surface area contributed by atoms with Crippen molar-refractivity contribution in [1.29, 1.82) is 0 Å². The molecule has 2 N–H and O–H groups in total. The number of urea groups is 1. The first kappa shape index (κ1) is 15.1. The Morgan fingerprint density at radius 2 is 2.00 bits per heavy atom. The Morgan fingerprint density at radius 1 is 1.23 bits per heavy atom. The van der Waals surface area contributed by atoms with Crippen molar-refractivity contribution in [3.8, 4) is 5.75 Å². The van der Waals surface area contributed by atoms with Crippen molar-refractivity contribution in [1.82, 2.24) is 4.98 Å². The van der Waals surface area contributed by atoms with Gasteiger partial charge in [-0.3, -0.25) is 5.32 Å². The van der Waals surface area contributed by atoms with Crippen LogP contribution in [0.5, 0.6) is 5.75 Å². The van der Waals surface area contributed by atoms with Crippen LogP contribution in [0, 0.1) is 0 Å². The summed E-state index contributed by atoms with van der Waals surface area (Å²) in [6.07, 6.45) is 4.01. The molecule has 5 nitrogen and oxygen atoms in total. The van der Waals surface area contributed by atoms with E-state index in [-0.39, 0.29) is 12.1 Å². The van der Waals surface area contributed by atoms with Crippen molar-refractivity contribution in [2.24, 2.45) is 0 Å². The average molecular weight is 409 g/mol. The van der Waals surface area contributed by atoms with Crippen molar-refractivity contribution < 1.29 is 9.53 Å². The first-order valence-corrected chi connectivity index (χ1v) is 8.62. The van der Waals surface area contributed by atoms with Gasteiger partial charge < -0.3 is 10.1 Å². The second-order valence-corrected chi connectivity index (χ2v) is 5.84. The number of benzene rings is 1. The van der Waals surface area contributed by atoms with Crippen LogP contribution in [0.15, 0.2) is 42.6 Å². The van der Waals surface area contributed by atoms with Crippen LogP contribution in [0.4, 0.5) is 16.3 Å². The number of halogens is 1. The van der Waals surface area contributed by atoms with Crippen molar-refractivity contribution in [3.05, 3.63) is 48.2 Å². The maximum Gasteiger partial charge on any atom is 0.324 e. The highest BCUT2D eigenvalue weighted by Crippen LogP contribution is 2.30. The van der Waals surface area contributed by atoms with Crippen LogP contribution in [0.25, 0.3) is 0 Å². The Bertz CT molecular complexity index is 657. The third-order valence-corrected chi connectivity index (χ3v) is 4.07. The molecule has 1 aromatic heterocycles. The number of pyridine rings is 1. The predicted molar refractivity (Wildman–Crippen MR) is 94.7 cm³/mol. The highest BCUT2D eigenvalue weighted by Gasteiger charge is 2.25. The summed E-state index contributed by atoms with van der Waals surface area (Å²) >= 11 is 2.30. The molecule has 1 fully saturated rings. The van der Waals surface area contributed by atoms with Gasteiger partial charge in [0.15, 0.2) is 11.6 Å². The first-order valence-electron chi connectivity index (χ1n) is 7.09. The minimum Gasteiger partial charge on any atom is -0.487 e. The number of hydrogen-bond acceptors (Lipinski definition) is 3. The van der Waals surface area contributed by atoms with Gasteiger partial charge in [0.25, 0.3) is 0 Å². The van der Waals surface area contributed by atoms with E-state index in [4.69, 9.17) is 4.74 Å². The lowest BCUT2D eigenvalue weighted by Crippen LogP contribution is -2.20. The number of hydrogen-bond donors (Lipinski definition) is 2. The number of carbonyl (C=O) groups is 1. The summed E-state index contributed by atoms with van der Waals surface area (Å²) in [4.78, 5) is 16.2. The molecule has 0 aliphatic heterocycles. The van der Waals surface area contributed by atoms with E-state index in [1.807, 2.05) is 30.3 Å². The highest BCUT2D eigenvalue weighted by atomic mass is 127. The molecule has 0 bridgehead atoms. The maximum atomic E-state index is 12.1. The van der Waals surface area contributed by atoms with Gasteiger partial charge in [-0.25, -0.2) is 9.78 Å². The molecule has 2 aromatic rings. The molecule has 0 saturated heterocycles. The average Bonchev–Trinajstić information content (AvgIpc) is 3.34. The van der Waals surface area contributed by atoms with Gasteiger partial charge in [-0.15, -0.1) is 0 Å². The second kappa shape index (κ2) is 6.95. The molecule has 0 radical (unpaired) electrons. The third kappa shape index (κ3) is 4.09. The molecule has 0 unspecified atom stereocenters. The molecule has 6 heteroatoms. The standard InChI is InChI=1S/C16H16IN3O2/c17-10-11-3-5-12(6-4-11)19-16(21)20-15-14(2-1-9-18-15)22-13-7-8-13/h1-6,9,13H,7-8,10H2,(H2,18,19,20,21). The van der Waals surface area contributed by atoms with Crippen molar-refractivity contribution in [2.75, 3.05) is 10.6 Å². The molecule has 1 aliphatic carbocycles. The van der Waals surface area contributed by atoms with E-state index in [0.717, 1.165) is 23.0 Å². The summed E-state index contributed by atoms with van der Waals surface area (Å²) < 4.78 is 6.68. The molecule has 3 rings (SSSR count). The fourth-order valence-electron chi connectivity index (χ4n) is 1.89. The van der Waals surface area contributed by atoms with Gasteiger partial charge >= 0.3 is 6.03 Å². The van der Waals surface area contributed by atoms with Gasteiger partial charge in [0.1, 0.15) is 0 Å². The predicted octanol–water partition coefficient (Wildman–Crippen LogP) is 4.20. The Balaban J connectivity index is 1.63. The Labute approximate surface area is 142 Å². The minimum atomic E-state index is -0.332. The van der Waals surface area contributed by atoms with Crippen LogP contribution < -0.4 is 15.4 Å². The quantitative estimate of drug-likeness (QED) is 0.575. The molecule has 1 aromatic carbocycles. The zero-order valence-electron chi connectivity index (χ0n) is 11.9. The lowest BCUT2D eigenvalue weighted by molar-refractivity contribution is 0.261. The summed E-state index contributed by atoms with van der Waals surface area (Å²) in [5.74, 6) is 1.05. The number of nitrogens with one attached hydrogen (secondary N) is 2. The number of amides is 2. The SMILES string of the molecule is O=C(Nc1ccc(CI)cc1)Nc1ncccc1OC1CC1. The summed E-state index contributed by atoms with van der Waals surface area (Å²) in [6.45, 7) is 0.